The van der Waals surface area contributed by atoms with Gasteiger partial charge in [0.15, 0.2) is 0 Å². The third kappa shape index (κ3) is 3.54. The summed E-state index contributed by atoms with van der Waals surface area (Å²) >= 11 is 8.07. The topological polar surface area (TPSA) is 32.3 Å². The first-order chi connectivity index (χ1) is 13.8. The fourth-order valence-electron chi connectivity index (χ4n) is 4.22. The smallest absolute Gasteiger partial charge is 0.225 e. The Morgan fingerprint density at radius 1 is 1.04 bits per heavy atom. The van der Waals surface area contributed by atoms with Crippen LogP contribution < -0.4 is 4.90 Å². The average Bonchev–Trinajstić information content (AvgIpc) is 3.29. The zero-order valence-corrected chi connectivity index (χ0v) is 17.3. The summed E-state index contributed by atoms with van der Waals surface area (Å²) in [5.41, 5.74) is 2.73. The highest BCUT2D eigenvalue weighted by atomic mass is 35.5. The molecular formula is C22H23ClN4S. The van der Waals surface area contributed by atoms with Gasteiger partial charge in [0.25, 0.3) is 0 Å². The molecule has 0 atom stereocenters. The lowest BCUT2D eigenvalue weighted by Crippen LogP contribution is -2.46. The van der Waals surface area contributed by atoms with Crippen LogP contribution in [0.5, 0.6) is 0 Å². The van der Waals surface area contributed by atoms with Gasteiger partial charge in [-0.15, -0.1) is 11.3 Å². The zero-order chi connectivity index (χ0) is 18.9. The molecular weight excluding hydrogens is 388 g/mol. The molecule has 2 aromatic heterocycles. The fraction of sp³-hybridized carbons (Fsp3) is 0.364. The second kappa shape index (κ2) is 7.82. The molecule has 0 saturated carbocycles. The number of anilines is 1. The van der Waals surface area contributed by atoms with E-state index in [4.69, 9.17) is 11.6 Å². The summed E-state index contributed by atoms with van der Waals surface area (Å²) in [5.74, 6) is 1.05. The molecule has 3 heterocycles. The largest absolute Gasteiger partial charge is 0.353 e. The fourth-order valence-corrected chi connectivity index (χ4v) is 5.69. The molecule has 1 saturated heterocycles. The zero-order valence-electron chi connectivity index (χ0n) is 15.8. The molecule has 1 aromatic carbocycles. The molecule has 0 radical (unpaired) electrons. The molecule has 1 aliphatic carbocycles. The number of hydrogen-bond donors (Lipinski definition) is 0. The second-order valence-corrected chi connectivity index (χ2v) is 8.88. The molecule has 144 valence electrons. The van der Waals surface area contributed by atoms with Crippen LogP contribution in [0.15, 0.2) is 36.4 Å². The van der Waals surface area contributed by atoms with Crippen molar-refractivity contribution in [1.29, 1.82) is 0 Å². The quantitative estimate of drug-likeness (QED) is 0.585. The van der Waals surface area contributed by atoms with Gasteiger partial charge in [0, 0.05) is 37.6 Å². The minimum absolute atomic E-state index is 0.371. The second-order valence-electron chi connectivity index (χ2n) is 7.45. The van der Waals surface area contributed by atoms with Gasteiger partial charge in [0.2, 0.25) is 5.28 Å². The number of nitrogens with zero attached hydrogens (tertiary/aromatic N) is 4. The molecule has 4 nitrogen and oxygen atoms in total. The van der Waals surface area contributed by atoms with Crippen molar-refractivity contribution in [3.8, 4) is 0 Å². The van der Waals surface area contributed by atoms with Crippen LogP contribution in [0.3, 0.4) is 0 Å². The standard InChI is InChI=1S/C22H23ClN4S/c23-22-24-20(19-17-9-4-10-18(17)28-21(19)25-22)27-14-12-26(13-15-27)11-5-8-16-6-2-1-3-7-16/h1-3,5-8H,4,9-15H2/b8-5+. The van der Waals surface area contributed by atoms with Crippen LogP contribution in [0.4, 0.5) is 5.82 Å². The minimum atomic E-state index is 0.371. The van der Waals surface area contributed by atoms with Crippen molar-refractivity contribution in [1.82, 2.24) is 14.9 Å². The van der Waals surface area contributed by atoms with E-state index in [1.165, 1.54) is 34.2 Å². The summed E-state index contributed by atoms with van der Waals surface area (Å²) in [5, 5.41) is 1.63. The van der Waals surface area contributed by atoms with Gasteiger partial charge in [0.05, 0.1) is 5.39 Å². The molecule has 1 fully saturated rings. The Balaban J connectivity index is 1.29. The van der Waals surface area contributed by atoms with E-state index in [0.29, 0.717) is 5.28 Å². The number of benzene rings is 1. The number of aromatic nitrogens is 2. The molecule has 0 unspecified atom stereocenters. The lowest BCUT2D eigenvalue weighted by molar-refractivity contribution is 0.284. The maximum Gasteiger partial charge on any atom is 0.225 e. The molecule has 28 heavy (non-hydrogen) atoms. The van der Waals surface area contributed by atoms with E-state index in [-0.39, 0.29) is 0 Å². The number of thiophene rings is 1. The van der Waals surface area contributed by atoms with Crippen LogP contribution in [-0.4, -0.2) is 47.6 Å². The SMILES string of the molecule is Clc1nc(N2CCN(C/C=C/c3ccccc3)CC2)c2c3c(sc2n1)CCC3. The van der Waals surface area contributed by atoms with Crippen molar-refractivity contribution < 1.29 is 0 Å². The van der Waals surface area contributed by atoms with Crippen molar-refractivity contribution >= 4 is 45.0 Å². The molecule has 0 N–H and O–H groups in total. The van der Waals surface area contributed by atoms with E-state index in [0.717, 1.165) is 49.8 Å². The van der Waals surface area contributed by atoms with Gasteiger partial charge in [-0.05, 0) is 42.0 Å². The van der Waals surface area contributed by atoms with Gasteiger partial charge in [-0.1, -0.05) is 42.5 Å². The van der Waals surface area contributed by atoms with E-state index >= 15 is 0 Å². The summed E-state index contributed by atoms with van der Waals surface area (Å²) in [6.07, 6.45) is 8.04. The molecule has 0 spiro atoms. The Kier molecular flexibility index (Phi) is 5.05. The van der Waals surface area contributed by atoms with Crippen molar-refractivity contribution in [2.75, 3.05) is 37.6 Å². The Bertz CT molecular complexity index is 1010. The average molecular weight is 411 g/mol. The molecule has 3 aromatic rings. The van der Waals surface area contributed by atoms with Crippen LogP contribution in [0.2, 0.25) is 5.28 Å². The highest BCUT2D eigenvalue weighted by molar-refractivity contribution is 7.19. The van der Waals surface area contributed by atoms with Crippen molar-refractivity contribution in [2.24, 2.45) is 0 Å². The molecule has 5 rings (SSSR count). The van der Waals surface area contributed by atoms with Crippen LogP contribution in [0, 0.1) is 0 Å². The maximum atomic E-state index is 6.26. The Labute approximate surface area is 174 Å². The summed E-state index contributed by atoms with van der Waals surface area (Å²) < 4.78 is 0. The summed E-state index contributed by atoms with van der Waals surface area (Å²) in [6.45, 7) is 5.01. The third-order valence-electron chi connectivity index (χ3n) is 5.66. The molecule has 1 aliphatic heterocycles. The van der Waals surface area contributed by atoms with Crippen molar-refractivity contribution in [3.05, 3.63) is 57.7 Å². The number of rotatable bonds is 4. The van der Waals surface area contributed by atoms with E-state index < -0.39 is 0 Å². The summed E-state index contributed by atoms with van der Waals surface area (Å²) in [4.78, 5) is 16.6. The molecule has 2 aliphatic rings. The normalized spacial score (nSPS) is 17.7. The van der Waals surface area contributed by atoms with Crippen LogP contribution in [-0.2, 0) is 12.8 Å². The Hall–Kier alpha value is -1.95. The maximum absolute atomic E-state index is 6.26. The highest BCUT2D eigenvalue weighted by Gasteiger charge is 2.26. The first-order valence-electron chi connectivity index (χ1n) is 9.94. The number of halogens is 1. The van der Waals surface area contributed by atoms with Crippen molar-refractivity contribution in [3.63, 3.8) is 0 Å². The number of piperazine rings is 1. The van der Waals surface area contributed by atoms with E-state index in [2.05, 4.69) is 62.3 Å². The van der Waals surface area contributed by atoms with E-state index in [1.54, 1.807) is 11.3 Å². The Morgan fingerprint density at radius 2 is 1.86 bits per heavy atom. The number of fused-ring (bicyclic) bond motifs is 3. The molecule has 0 amide bonds. The van der Waals surface area contributed by atoms with Gasteiger partial charge in [-0.25, -0.2) is 4.98 Å². The van der Waals surface area contributed by atoms with Gasteiger partial charge < -0.3 is 4.90 Å². The van der Waals surface area contributed by atoms with Gasteiger partial charge in [0.1, 0.15) is 10.6 Å². The molecule has 0 bridgehead atoms. The van der Waals surface area contributed by atoms with Crippen molar-refractivity contribution in [2.45, 2.75) is 19.3 Å². The van der Waals surface area contributed by atoms with E-state index in [9.17, 15) is 0 Å². The highest BCUT2D eigenvalue weighted by Crippen LogP contribution is 2.41. The first-order valence-corrected chi connectivity index (χ1v) is 11.1. The summed E-state index contributed by atoms with van der Waals surface area (Å²) in [7, 11) is 0. The van der Waals surface area contributed by atoms with Crippen LogP contribution >= 0.6 is 22.9 Å². The van der Waals surface area contributed by atoms with E-state index in [1.807, 2.05) is 0 Å². The lowest BCUT2D eigenvalue weighted by Gasteiger charge is -2.35. The van der Waals surface area contributed by atoms with Gasteiger partial charge in [-0.2, -0.15) is 4.98 Å². The van der Waals surface area contributed by atoms with Gasteiger partial charge >= 0.3 is 0 Å². The third-order valence-corrected chi connectivity index (χ3v) is 7.02. The van der Waals surface area contributed by atoms with Gasteiger partial charge in [-0.3, -0.25) is 4.90 Å². The Morgan fingerprint density at radius 3 is 2.68 bits per heavy atom. The lowest BCUT2D eigenvalue weighted by atomic mass is 10.1. The molecule has 6 heteroatoms. The number of hydrogen-bond acceptors (Lipinski definition) is 5. The van der Waals surface area contributed by atoms with Crippen LogP contribution in [0.1, 0.15) is 22.4 Å². The first kappa shape index (κ1) is 18.1. The predicted octanol–water partition coefficient (Wildman–Crippen LogP) is 4.67. The minimum Gasteiger partial charge on any atom is -0.353 e. The van der Waals surface area contributed by atoms with Crippen LogP contribution in [0.25, 0.3) is 16.3 Å². The predicted molar refractivity (Wildman–Crippen MR) is 119 cm³/mol. The summed E-state index contributed by atoms with van der Waals surface area (Å²) in [6, 6.07) is 10.5. The monoisotopic (exact) mass is 410 g/mol. The number of aryl methyl sites for hydroxylation is 2.